The van der Waals surface area contributed by atoms with Gasteiger partial charge in [-0.2, -0.15) is 0 Å². The van der Waals surface area contributed by atoms with Gasteiger partial charge in [-0.05, 0) is 67.3 Å². The van der Waals surface area contributed by atoms with E-state index in [1.807, 2.05) is 13.0 Å². The van der Waals surface area contributed by atoms with E-state index < -0.39 is 28.7 Å². The number of carbonyl (C=O) groups excluding carboxylic acids is 1. The summed E-state index contributed by atoms with van der Waals surface area (Å²) in [5, 5.41) is 0.736. The molecule has 0 fully saturated rings. The maximum atomic E-state index is 14.3. The molecular weight excluding hydrogens is 386 g/mol. The Labute approximate surface area is 163 Å². The molecule has 8 heteroatoms. The van der Waals surface area contributed by atoms with Crippen LogP contribution in [0.3, 0.4) is 0 Å². The number of ketones is 1. The molecule has 1 unspecified atom stereocenters. The number of rotatable bonds is 7. The van der Waals surface area contributed by atoms with Crippen LogP contribution in [0, 0.1) is 18.6 Å². The molecule has 5 nitrogen and oxygen atoms in total. The zero-order valence-electron chi connectivity index (χ0n) is 15.0. The van der Waals surface area contributed by atoms with Crippen LogP contribution in [0.2, 0.25) is 0 Å². The number of benzene rings is 2. The van der Waals surface area contributed by atoms with Crippen molar-refractivity contribution in [3.05, 3.63) is 76.5 Å². The molecule has 1 heterocycles. The Morgan fingerprint density at radius 1 is 1.21 bits per heavy atom. The summed E-state index contributed by atoms with van der Waals surface area (Å²) in [6, 6.07) is 9.00. The second-order valence-corrected chi connectivity index (χ2v) is 7.18. The van der Waals surface area contributed by atoms with E-state index in [0.29, 0.717) is 23.9 Å². The molecule has 0 saturated carbocycles. The lowest BCUT2D eigenvalue weighted by Gasteiger charge is -2.10. The monoisotopic (exact) mass is 403 g/mol. The molecule has 0 bridgehead atoms. The predicted molar refractivity (Wildman–Crippen MR) is 102 cm³/mol. The Morgan fingerprint density at radius 3 is 2.75 bits per heavy atom. The molecular formula is C20H17F2N2O3S-. The van der Waals surface area contributed by atoms with Crippen molar-refractivity contribution in [2.45, 2.75) is 19.8 Å². The zero-order valence-corrected chi connectivity index (χ0v) is 15.8. The van der Waals surface area contributed by atoms with E-state index in [-0.39, 0.29) is 17.7 Å². The topological polar surface area (TPSA) is 82.1 Å². The van der Waals surface area contributed by atoms with Crippen LogP contribution in [0.25, 0.3) is 10.9 Å². The van der Waals surface area contributed by atoms with Gasteiger partial charge in [0.15, 0.2) is 17.4 Å². The minimum absolute atomic E-state index is 0.162. The number of nitrogens with zero attached hydrogens (tertiary/aromatic N) is 1. The molecule has 0 aliphatic carbocycles. The van der Waals surface area contributed by atoms with Gasteiger partial charge in [-0.25, -0.2) is 13.5 Å². The van der Waals surface area contributed by atoms with Crippen LogP contribution < -0.4 is 4.72 Å². The summed E-state index contributed by atoms with van der Waals surface area (Å²) in [5.74, 6) is -2.94. The lowest BCUT2D eigenvalue weighted by molar-refractivity contribution is 0.103. The first kappa shape index (κ1) is 20.2. The molecule has 0 spiro atoms. The minimum atomic E-state index is -2.37. The molecule has 1 atom stereocenters. The highest BCUT2D eigenvalue weighted by atomic mass is 32.2. The SMILES string of the molecule is Cc1cnc2ccc(C(=O)c3cc(CCCNS(=O)[O-])cc(F)c3F)cc2c1. The summed E-state index contributed by atoms with van der Waals surface area (Å²) in [6.07, 6.45) is 2.38. The molecule has 146 valence electrons. The molecule has 3 rings (SSSR count). The second kappa shape index (κ2) is 8.64. The lowest BCUT2D eigenvalue weighted by Crippen LogP contribution is -2.18. The zero-order chi connectivity index (χ0) is 20.3. The van der Waals surface area contributed by atoms with Crippen LogP contribution in [-0.4, -0.2) is 26.1 Å². The highest BCUT2D eigenvalue weighted by molar-refractivity contribution is 7.77. The smallest absolute Gasteiger partial charge is 0.196 e. The van der Waals surface area contributed by atoms with Gasteiger partial charge in [-0.3, -0.25) is 14.0 Å². The molecule has 3 aromatic rings. The number of nitrogens with one attached hydrogen (secondary N) is 1. The third kappa shape index (κ3) is 4.64. The van der Waals surface area contributed by atoms with Crippen LogP contribution in [0.4, 0.5) is 8.78 Å². The van der Waals surface area contributed by atoms with Crippen LogP contribution in [-0.2, 0) is 17.7 Å². The first-order chi connectivity index (χ1) is 13.3. The number of aryl methyl sites for hydroxylation is 2. The van der Waals surface area contributed by atoms with E-state index in [1.165, 1.54) is 12.1 Å². The standard InChI is InChI=1S/C20H18F2N2O3S/c1-12-7-15-10-14(4-5-18(15)23-11-12)20(25)16-8-13(9-17(21)19(16)22)3-2-6-24-28(26)27/h4-5,7-11,24H,2-3,6H2,1H3,(H,26,27)/p-1. The van der Waals surface area contributed by atoms with E-state index in [9.17, 15) is 22.3 Å². The van der Waals surface area contributed by atoms with E-state index in [2.05, 4.69) is 9.71 Å². The van der Waals surface area contributed by atoms with E-state index in [1.54, 1.807) is 18.3 Å². The molecule has 2 aromatic carbocycles. The van der Waals surface area contributed by atoms with Crippen molar-refractivity contribution in [1.82, 2.24) is 9.71 Å². The van der Waals surface area contributed by atoms with Gasteiger partial charge in [-0.15, -0.1) is 0 Å². The normalized spacial score (nSPS) is 12.3. The molecule has 0 aliphatic rings. The van der Waals surface area contributed by atoms with Crippen LogP contribution in [0.5, 0.6) is 0 Å². The third-order valence-electron chi connectivity index (χ3n) is 4.27. The summed E-state index contributed by atoms with van der Waals surface area (Å²) < 4.78 is 51.4. The summed E-state index contributed by atoms with van der Waals surface area (Å²) in [6.45, 7) is 2.03. The lowest BCUT2D eigenvalue weighted by atomic mass is 9.97. The van der Waals surface area contributed by atoms with E-state index in [4.69, 9.17) is 0 Å². The number of carbonyl (C=O) groups is 1. The van der Waals surface area contributed by atoms with E-state index in [0.717, 1.165) is 17.0 Å². The third-order valence-corrected chi connectivity index (χ3v) is 4.71. The Hall–Kier alpha value is -2.55. The fourth-order valence-corrected chi connectivity index (χ4v) is 3.25. The Kier molecular flexibility index (Phi) is 6.23. The van der Waals surface area contributed by atoms with Crippen LogP contribution in [0.1, 0.15) is 33.5 Å². The average molecular weight is 403 g/mol. The van der Waals surface area contributed by atoms with Gasteiger partial charge >= 0.3 is 0 Å². The van der Waals surface area contributed by atoms with Gasteiger partial charge in [0, 0.05) is 35.0 Å². The van der Waals surface area contributed by atoms with Gasteiger partial charge in [-0.1, -0.05) is 0 Å². The van der Waals surface area contributed by atoms with Crippen molar-refractivity contribution in [2.75, 3.05) is 6.54 Å². The maximum Gasteiger partial charge on any atom is 0.196 e. The Bertz CT molecular complexity index is 1070. The summed E-state index contributed by atoms with van der Waals surface area (Å²) in [4.78, 5) is 17.1. The highest BCUT2D eigenvalue weighted by Crippen LogP contribution is 2.22. The maximum absolute atomic E-state index is 14.3. The summed E-state index contributed by atoms with van der Waals surface area (Å²) >= 11 is -2.37. The Balaban J connectivity index is 1.89. The van der Waals surface area contributed by atoms with Crippen LogP contribution >= 0.6 is 0 Å². The van der Waals surface area contributed by atoms with Crippen molar-refractivity contribution in [3.63, 3.8) is 0 Å². The first-order valence-electron chi connectivity index (χ1n) is 8.57. The van der Waals surface area contributed by atoms with Crippen molar-refractivity contribution < 1.29 is 22.3 Å². The fourth-order valence-electron chi connectivity index (χ4n) is 2.94. The molecule has 0 radical (unpaired) electrons. The van der Waals surface area contributed by atoms with Gasteiger partial charge in [0.25, 0.3) is 0 Å². The van der Waals surface area contributed by atoms with Crippen molar-refractivity contribution >= 4 is 28.0 Å². The predicted octanol–water partition coefficient (Wildman–Crippen LogP) is 3.37. The quantitative estimate of drug-likeness (QED) is 0.373. The van der Waals surface area contributed by atoms with Crippen molar-refractivity contribution in [3.8, 4) is 0 Å². The van der Waals surface area contributed by atoms with Crippen molar-refractivity contribution in [1.29, 1.82) is 0 Å². The number of aromatic nitrogens is 1. The molecule has 0 amide bonds. The summed E-state index contributed by atoms with van der Waals surface area (Å²) in [5.41, 5.74) is 1.92. The van der Waals surface area contributed by atoms with Crippen LogP contribution in [0.15, 0.2) is 42.6 Å². The first-order valence-corrected chi connectivity index (χ1v) is 9.64. The number of hydrogen-bond acceptors (Lipinski definition) is 4. The average Bonchev–Trinajstić information content (AvgIpc) is 2.66. The minimum Gasteiger partial charge on any atom is -0.760 e. The highest BCUT2D eigenvalue weighted by Gasteiger charge is 2.19. The number of fused-ring (bicyclic) bond motifs is 1. The molecule has 0 aliphatic heterocycles. The van der Waals surface area contributed by atoms with Gasteiger partial charge < -0.3 is 4.55 Å². The molecule has 28 heavy (non-hydrogen) atoms. The van der Waals surface area contributed by atoms with Crippen molar-refractivity contribution in [2.24, 2.45) is 0 Å². The molecule has 1 N–H and O–H groups in total. The van der Waals surface area contributed by atoms with Gasteiger partial charge in [0.2, 0.25) is 0 Å². The van der Waals surface area contributed by atoms with E-state index >= 15 is 0 Å². The Morgan fingerprint density at radius 2 is 2.00 bits per heavy atom. The number of hydrogen-bond donors (Lipinski definition) is 1. The largest absolute Gasteiger partial charge is 0.760 e. The van der Waals surface area contributed by atoms with Gasteiger partial charge in [0.05, 0.1) is 11.1 Å². The number of halogens is 2. The molecule has 0 saturated heterocycles. The summed E-state index contributed by atoms with van der Waals surface area (Å²) in [7, 11) is 0. The van der Waals surface area contributed by atoms with Gasteiger partial charge in [0.1, 0.15) is 0 Å². The number of pyridine rings is 1. The fraction of sp³-hybridized carbons (Fsp3) is 0.200. The molecule has 1 aromatic heterocycles. The second-order valence-electron chi connectivity index (χ2n) is 6.42.